The first-order valence-electron chi connectivity index (χ1n) is 8.57. The van der Waals surface area contributed by atoms with Crippen LogP contribution in [0.1, 0.15) is 19.5 Å². The zero-order valence-electron chi connectivity index (χ0n) is 14.8. The van der Waals surface area contributed by atoms with Gasteiger partial charge >= 0.3 is 0 Å². The van der Waals surface area contributed by atoms with Crippen LogP contribution in [-0.4, -0.2) is 11.3 Å². The number of benzene rings is 2. The SMILES string of the molecule is CC(C)C(C=O)=Cc1cc(-c2ccc(F)cc2)cc(-c2ccccc2)n1. The van der Waals surface area contributed by atoms with E-state index in [0.717, 1.165) is 28.7 Å². The summed E-state index contributed by atoms with van der Waals surface area (Å²) >= 11 is 0. The largest absolute Gasteiger partial charge is 0.298 e. The summed E-state index contributed by atoms with van der Waals surface area (Å²) < 4.78 is 13.3. The van der Waals surface area contributed by atoms with Gasteiger partial charge in [-0.3, -0.25) is 4.79 Å². The molecule has 1 aromatic heterocycles. The van der Waals surface area contributed by atoms with Crippen LogP contribution in [-0.2, 0) is 4.79 Å². The van der Waals surface area contributed by atoms with Gasteiger partial charge in [-0.05, 0) is 53.0 Å². The van der Waals surface area contributed by atoms with Crippen molar-refractivity contribution in [1.82, 2.24) is 4.98 Å². The number of carbonyl (C=O) groups excluding carboxylic acids is 1. The lowest BCUT2D eigenvalue weighted by atomic mass is 9.99. The average Bonchev–Trinajstić information content (AvgIpc) is 2.67. The van der Waals surface area contributed by atoms with E-state index in [9.17, 15) is 9.18 Å². The number of halogens is 1. The third-order valence-electron chi connectivity index (χ3n) is 4.21. The Balaban J connectivity index is 2.16. The highest BCUT2D eigenvalue weighted by molar-refractivity contribution is 5.83. The predicted octanol–water partition coefficient (Wildman–Crippen LogP) is 5.79. The fourth-order valence-corrected chi connectivity index (χ4v) is 2.70. The Hall–Kier alpha value is -3.07. The van der Waals surface area contributed by atoms with E-state index in [1.54, 1.807) is 12.1 Å². The van der Waals surface area contributed by atoms with Crippen LogP contribution >= 0.6 is 0 Å². The van der Waals surface area contributed by atoms with Crippen LogP contribution in [0.15, 0.2) is 72.3 Å². The van der Waals surface area contributed by atoms with Crippen molar-refractivity contribution in [2.45, 2.75) is 13.8 Å². The van der Waals surface area contributed by atoms with Crippen molar-refractivity contribution >= 4 is 12.4 Å². The van der Waals surface area contributed by atoms with Crippen molar-refractivity contribution in [1.29, 1.82) is 0 Å². The first kappa shape index (κ1) is 17.7. The molecule has 0 N–H and O–H groups in total. The molecule has 0 aliphatic carbocycles. The van der Waals surface area contributed by atoms with Crippen LogP contribution in [0.5, 0.6) is 0 Å². The molecule has 0 amide bonds. The lowest BCUT2D eigenvalue weighted by molar-refractivity contribution is -0.105. The number of nitrogens with zero attached hydrogens (tertiary/aromatic N) is 1. The van der Waals surface area contributed by atoms with E-state index in [2.05, 4.69) is 0 Å². The average molecular weight is 345 g/mol. The summed E-state index contributed by atoms with van der Waals surface area (Å²) in [4.78, 5) is 16.1. The molecule has 0 bridgehead atoms. The number of rotatable bonds is 5. The quantitative estimate of drug-likeness (QED) is 0.432. The maximum atomic E-state index is 13.3. The predicted molar refractivity (Wildman–Crippen MR) is 104 cm³/mol. The normalized spacial score (nSPS) is 11.6. The van der Waals surface area contributed by atoms with E-state index in [1.165, 1.54) is 12.1 Å². The summed E-state index contributed by atoms with van der Waals surface area (Å²) in [5.74, 6) is -0.154. The van der Waals surface area contributed by atoms with Gasteiger partial charge in [-0.1, -0.05) is 56.3 Å². The van der Waals surface area contributed by atoms with E-state index in [-0.39, 0.29) is 11.7 Å². The standard InChI is InChI=1S/C23H20FNO/c1-16(2)20(15-26)13-22-12-19(17-8-10-21(24)11-9-17)14-23(25-22)18-6-4-3-5-7-18/h3-16H,1-2H3. The highest BCUT2D eigenvalue weighted by Crippen LogP contribution is 2.27. The van der Waals surface area contributed by atoms with Crippen LogP contribution in [0.2, 0.25) is 0 Å². The molecule has 3 rings (SSSR count). The molecule has 2 nitrogen and oxygen atoms in total. The smallest absolute Gasteiger partial charge is 0.146 e. The van der Waals surface area contributed by atoms with Gasteiger partial charge in [0.25, 0.3) is 0 Å². The van der Waals surface area contributed by atoms with Crippen LogP contribution in [0.25, 0.3) is 28.5 Å². The zero-order chi connectivity index (χ0) is 18.5. The molecule has 2 aromatic carbocycles. The number of aromatic nitrogens is 1. The van der Waals surface area contributed by atoms with E-state index < -0.39 is 0 Å². The molecule has 26 heavy (non-hydrogen) atoms. The molecule has 1 heterocycles. The number of allylic oxidation sites excluding steroid dienone is 1. The molecule has 3 heteroatoms. The Morgan fingerprint density at radius 2 is 1.62 bits per heavy atom. The number of pyridine rings is 1. The summed E-state index contributed by atoms with van der Waals surface area (Å²) in [6.07, 6.45) is 2.69. The molecule has 0 spiro atoms. The molecule has 3 aromatic rings. The van der Waals surface area contributed by atoms with Crippen molar-refractivity contribution in [3.8, 4) is 22.4 Å². The second-order valence-electron chi connectivity index (χ2n) is 6.46. The second kappa shape index (κ2) is 7.87. The maximum absolute atomic E-state index is 13.3. The van der Waals surface area contributed by atoms with Gasteiger partial charge < -0.3 is 0 Å². The third-order valence-corrected chi connectivity index (χ3v) is 4.21. The van der Waals surface area contributed by atoms with Crippen LogP contribution < -0.4 is 0 Å². The van der Waals surface area contributed by atoms with Crippen LogP contribution in [0, 0.1) is 11.7 Å². The Kier molecular flexibility index (Phi) is 5.37. The first-order chi connectivity index (χ1) is 12.6. The van der Waals surface area contributed by atoms with Gasteiger partial charge in [0.05, 0.1) is 11.4 Å². The molecule has 0 unspecified atom stereocenters. The number of carbonyl (C=O) groups is 1. The Morgan fingerprint density at radius 3 is 2.23 bits per heavy atom. The topological polar surface area (TPSA) is 30.0 Å². The summed E-state index contributed by atoms with van der Waals surface area (Å²) in [5.41, 5.74) is 5.03. The van der Waals surface area contributed by atoms with Crippen molar-refractivity contribution in [2.75, 3.05) is 0 Å². The summed E-state index contributed by atoms with van der Waals surface area (Å²) in [6.45, 7) is 3.95. The minimum atomic E-state index is -0.269. The Labute approximate surface area is 153 Å². The first-order valence-corrected chi connectivity index (χ1v) is 8.57. The molecule has 0 saturated heterocycles. The summed E-state index contributed by atoms with van der Waals surface area (Å²) in [5, 5.41) is 0. The molecule has 0 radical (unpaired) electrons. The number of aldehydes is 1. The van der Waals surface area contributed by atoms with Crippen molar-refractivity contribution < 1.29 is 9.18 Å². The third kappa shape index (κ3) is 4.12. The Bertz CT molecular complexity index is 928. The lowest BCUT2D eigenvalue weighted by Gasteiger charge is -2.10. The molecule has 0 aliphatic rings. The van der Waals surface area contributed by atoms with E-state index in [1.807, 2.05) is 62.4 Å². The van der Waals surface area contributed by atoms with Crippen molar-refractivity contribution in [3.63, 3.8) is 0 Å². The second-order valence-corrected chi connectivity index (χ2v) is 6.46. The van der Waals surface area contributed by atoms with Gasteiger partial charge in [0, 0.05) is 5.56 Å². The van der Waals surface area contributed by atoms with E-state index >= 15 is 0 Å². The maximum Gasteiger partial charge on any atom is 0.146 e. The van der Waals surface area contributed by atoms with Crippen LogP contribution in [0.4, 0.5) is 4.39 Å². The molecule has 130 valence electrons. The summed E-state index contributed by atoms with van der Waals surface area (Å²) in [6, 6.07) is 20.1. The molecule has 0 fully saturated rings. The van der Waals surface area contributed by atoms with Crippen molar-refractivity contribution in [3.05, 3.63) is 83.8 Å². The Morgan fingerprint density at radius 1 is 0.923 bits per heavy atom. The van der Waals surface area contributed by atoms with Crippen molar-refractivity contribution in [2.24, 2.45) is 5.92 Å². The molecule has 0 saturated carbocycles. The molecular formula is C23H20FNO. The fraction of sp³-hybridized carbons (Fsp3) is 0.130. The van der Waals surface area contributed by atoms with Gasteiger partial charge in [-0.15, -0.1) is 0 Å². The highest BCUT2D eigenvalue weighted by atomic mass is 19.1. The minimum Gasteiger partial charge on any atom is -0.298 e. The molecular weight excluding hydrogens is 325 g/mol. The zero-order valence-corrected chi connectivity index (χ0v) is 14.8. The van der Waals surface area contributed by atoms with Gasteiger partial charge in [0.2, 0.25) is 0 Å². The van der Waals surface area contributed by atoms with Gasteiger partial charge in [-0.25, -0.2) is 9.37 Å². The van der Waals surface area contributed by atoms with E-state index in [0.29, 0.717) is 11.3 Å². The highest BCUT2D eigenvalue weighted by Gasteiger charge is 2.08. The molecule has 0 aliphatic heterocycles. The summed E-state index contributed by atoms with van der Waals surface area (Å²) in [7, 11) is 0. The minimum absolute atomic E-state index is 0.115. The number of hydrogen-bond acceptors (Lipinski definition) is 2. The van der Waals surface area contributed by atoms with Gasteiger partial charge in [0.15, 0.2) is 0 Å². The van der Waals surface area contributed by atoms with Gasteiger partial charge in [0.1, 0.15) is 12.1 Å². The van der Waals surface area contributed by atoms with E-state index in [4.69, 9.17) is 4.98 Å². The number of hydrogen-bond donors (Lipinski definition) is 0. The fourth-order valence-electron chi connectivity index (χ4n) is 2.70. The van der Waals surface area contributed by atoms with Gasteiger partial charge in [-0.2, -0.15) is 0 Å². The lowest BCUT2D eigenvalue weighted by Crippen LogP contribution is -1.97. The monoisotopic (exact) mass is 345 g/mol. The molecule has 0 atom stereocenters. The van der Waals surface area contributed by atoms with Crippen LogP contribution in [0.3, 0.4) is 0 Å².